The molecule has 0 aromatic heterocycles. The van der Waals surface area contributed by atoms with Crippen LogP contribution in [0.5, 0.6) is 11.5 Å². The average molecular weight is 369 g/mol. The fourth-order valence-corrected chi connectivity index (χ4v) is 2.59. The largest absolute Gasteiger partial charge is 0.497 e. The standard InChI is InChI=1S/C17H14Cl2O5/c1-22-12-5-3-10(4-6-12)15(20)9-24-17(21)11-7-13(18)16(23-2)14(19)8-11/h3-8H,9H2,1-2H3. The summed E-state index contributed by atoms with van der Waals surface area (Å²) in [5.74, 6) is -0.143. The highest BCUT2D eigenvalue weighted by Gasteiger charge is 2.16. The number of methoxy groups -OCH3 is 2. The fraction of sp³-hybridized carbons (Fsp3) is 0.176. The first kappa shape index (κ1) is 18.1. The van der Waals surface area contributed by atoms with E-state index < -0.39 is 12.6 Å². The van der Waals surface area contributed by atoms with Crippen LogP contribution in [0.3, 0.4) is 0 Å². The van der Waals surface area contributed by atoms with Crippen LogP contribution in [0.4, 0.5) is 0 Å². The van der Waals surface area contributed by atoms with Gasteiger partial charge in [-0.3, -0.25) is 4.79 Å². The molecule has 7 heteroatoms. The van der Waals surface area contributed by atoms with Crippen LogP contribution in [0, 0.1) is 0 Å². The van der Waals surface area contributed by atoms with Crippen LogP contribution in [0.25, 0.3) is 0 Å². The number of hydrogen-bond donors (Lipinski definition) is 0. The molecule has 0 aliphatic rings. The van der Waals surface area contributed by atoms with E-state index in [1.54, 1.807) is 24.3 Å². The van der Waals surface area contributed by atoms with Crippen molar-refractivity contribution in [2.75, 3.05) is 20.8 Å². The zero-order valence-corrected chi connectivity index (χ0v) is 14.5. The van der Waals surface area contributed by atoms with Gasteiger partial charge in [-0.25, -0.2) is 4.79 Å². The maximum atomic E-state index is 12.0. The van der Waals surface area contributed by atoms with Crippen molar-refractivity contribution in [2.45, 2.75) is 0 Å². The number of ether oxygens (including phenoxy) is 3. The van der Waals surface area contributed by atoms with Crippen molar-refractivity contribution < 1.29 is 23.8 Å². The van der Waals surface area contributed by atoms with Crippen molar-refractivity contribution in [2.24, 2.45) is 0 Å². The first-order valence-electron chi connectivity index (χ1n) is 6.83. The van der Waals surface area contributed by atoms with Gasteiger partial charge < -0.3 is 14.2 Å². The highest BCUT2D eigenvalue weighted by Crippen LogP contribution is 2.34. The second-order valence-corrected chi connectivity index (χ2v) is 5.52. The summed E-state index contributed by atoms with van der Waals surface area (Å²) in [6.07, 6.45) is 0. The molecule has 2 aromatic rings. The number of carbonyl (C=O) groups excluding carboxylic acids is 2. The van der Waals surface area contributed by atoms with Crippen molar-refractivity contribution in [3.63, 3.8) is 0 Å². The zero-order chi connectivity index (χ0) is 17.7. The maximum absolute atomic E-state index is 12.0. The Morgan fingerprint density at radius 1 is 0.917 bits per heavy atom. The maximum Gasteiger partial charge on any atom is 0.338 e. The number of Topliss-reactive ketones (excluding diaryl/α,β-unsaturated/α-hetero) is 1. The molecule has 24 heavy (non-hydrogen) atoms. The molecule has 0 saturated carbocycles. The molecular formula is C17H14Cl2O5. The van der Waals surface area contributed by atoms with E-state index in [1.807, 2.05) is 0 Å². The van der Waals surface area contributed by atoms with E-state index in [1.165, 1.54) is 26.4 Å². The SMILES string of the molecule is COc1ccc(C(=O)COC(=O)c2cc(Cl)c(OC)c(Cl)c2)cc1. The van der Waals surface area contributed by atoms with Crippen LogP contribution in [0.15, 0.2) is 36.4 Å². The number of benzene rings is 2. The van der Waals surface area contributed by atoms with E-state index >= 15 is 0 Å². The van der Waals surface area contributed by atoms with Crippen LogP contribution >= 0.6 is 23.2 Å². The number of hydrogen-bond acceptors (Lipinski definition) is 5. The highest BCUT2D eigenvalue weighted by molar-refractivity contribution is 6.37. The lowest BCUT2D eigenvalue weighted by Gasteiger charge is -2.09. The molecule has 0 radical (unpaired) electrons. The van der Waals surface area contributed by atoms with Gasteiger partial charge in [0.1, 0.15) is 5.75 Å². The van der Waals surface area contributed by atoms with E-state index in [0.717, 1.165) is 0 Å². The van der Waals surface area contributed by atoms with E-state index in [2.05, 4.69) is 0 Å². The lowest BCUT2D eigenvalue weighted by molar-refractivity contribution is 0.0474. The van der Waals surface area contributed by atoms with Crippen LogP contribution in [-0.2, 0) is 4.74 Å². The Morgan fingerprint density at radius 3 is 2.00 bits per heavy atom. The molecule has 2 aromatic carbocycles. The topological polar surface area (TPSA) is 61.8 Å². The second-order valence-electron chi connectivity index (χ2n) is 4.70. The second kappa shape index (κ2) is 8.04. The molecule has 2 rings (SSSR count). The van der Waals surface area contributed by atoms with Gasteiger partial charge >= 0.3 is 5.97 Å². The van der Waals surface area contributed by atoms with E-state index in [4.69, 9.17) is 37.4 Å². The molecule has 0 saturated heterocycles. The lowest BCUT2D eigenvalue weighted by atomic mass is 10.1. The first-order chi connectivity index (χ1) is 11.5. The minimum absolute atomic E-state index is 0.133. The summed E-state index contributed by atoms with van der Waals surface area (Å²) < 4.78 is 15.0. The summed E-state index contributed by atoms with van der Waals surface area (Å²) in [5, 5.41) is 0.358. The van der Waals surface area contributed by atoms with E-state index in [0.29, 0.717) is 11.3 Å². The van der Waals surface area contributed by atoms with Crippen molar-refractivity contribution in [3.05, 3.63) is 57.6 Å². The van der Waals surface area contributed by atoms with Crippen molar-refractivity contribution in [1.29, 1.82) is 0 Å². The highest BCUT2D eigenvalue weighted by atomic mass is 35.5. The number of carbonyl (C=O) groups is 2. The molecule has 0 atom stereocenters. The van der Waals surface area contributed by atoms with Gasteiger partial charge in [0.2, 0.25) is 0 Å². The normalized spacial score (nSPS) is 10.2. The molecule has 0 aliphatic heterocycles. The molecule has 0 spiro atoms. The molecule has 5 nitrogen and oxygen atoms in total. The van der Waals surface area contributed by atoms with Gasteiger partial charge in [-0.05, 0) is 36.4 Å². The van der Waals surface area contributed by atoms with Crippen molar-refractivity contribution >= 4 is 35.0 Å². The Morgan fingerprint density at radius 2 is 1.50 bits per heavy atom. The molecule has 0 bridgehead atoms. The van der Waals surface area contributed by atoms with E-state index in [-0.39, 0.29) is 27.1 Å². The van der Waals surface area contributed by atoms with Crippen molar-refractivity contribution in [3.8, 4) is 11.5 Å². The lowest BCUT2D eigenvalue weighted by Crippen LogP contribution is -2.14. The number of halogens is 2. The molecule has 0 N–H and O–H groups in total. The predicted octanol–water partition coefficient (Wildman–Crippen LogP) is 4.05. The minimum Gasteiger partial charge on any atom is -0.497 e. The van der Waals surface area contributed by atoms with Gasteiger partial charge in [-0.1, -0.05) is 23.2 Å². The van der Waals surface area contributed by atoms with Crippen molar-refractivity contribution in [1.82, 2.24) is 0 Å². The number of rotatable bonds is 6. The van der Waals surface area contributed by atoms with Gasteiger partial charge in [0.15, 0.2) is 18.1 Å². The summed E-state index contributed by atoms with van der Waals surface area (Å²) in [6, 6.07) is 9.22. The van der Waals surface area contributed by atoms with Crippen LogP contribution in [-0.4, -0.2) is 32.6 Å². The Bertz CT molecular complexity index is 733. The van der Waals surface area contributed by atoms with Crippen LogP contribution in [0.1, 0.15) is 20.7 Å². The van der Waals surface area contributed by atoms with Crippen LogP contribution < -0.4 is 9.47 Å². The molecule has 0 unspecified atom stereocenters. The van der Waals surface area contributed by atoms with Gasteiger partial charge in [-0.15, -0.1) is 0 Å². The molecule has 0 amide bonds. The van der Waals surface area contributed by atoms with Crippen LogP contribution in [0.2, 0.25) is 10.0 Å². The van der Waals surface area contributed by atoms with E-state index in [9.17, 15) is 9.59 Å². The zero-order valence-electron chi connectivity index (χ0n) is 13.0. The smallest absolute Gasteiger partial charge is 0.338 e. The monoisotopic (exact) mass is 368 g/mol. The molecule has 0 fully saturated rings. The minimum atomic E-state index is -0.705. The summed E-state index contributed by atoms with van der Waals surface area (Å²) in [4.78, 5) is 24.1. The fourth-order valence-electron chi connectivity index (χ4n) is 1.95. The summed E-state index contributed by atoms with van der Waals surface area (Å²) >= 11 is 11.9. The van der Waals surface area contributed by atoms with Gasteiger partial charge in [0, 0.05) is 5.56 Å². The quantitative estimate of drug-likeness (QED) is 0.568. The summed E-state index contributed by atoms with van der Waals surface area (Å²) in [7, 11) is 2.95. The molecule has 0 aliphatic carbocycles. The van der Waals surface area contributed by atoms with Gasteiger partial charge in [-0.2, -0.15) is 0 Å². The Labute approximate surface area is 149 Å². The molecular weight excluding hydrogens is 355 g/mol. The Kier molecular flexibility index (Phi) is 6.06. The van der Waals surface area contributed by atoms with Gasteiger partial charge in [0.25, 0.3) is 0 Å². The summed E-state index contributed by atoms with van der Waals surface area (Å²) in [6.45, 7) is -0.396. The predicted molar refractivity (Wildman–Crippen MR) is 90.6 cm³/mol. The first-order valence-corrected chi connectivity index (χ1v) is 7.59. The summed E-state index contributed by atoms with van der Waals surface area (Å²) in [5.41, 5.74) is 0.544. The third-order valence-corrected chi connectivity index (χ3v) is 3.75. The Balaban J connectivity index is 2.03. The third-order valence-electron chi connectivity index (χ3n) is 3.18. The molecule has 0 heterocycles. The number of esters is 1. The number of ketones is 1. The molecule has 126 valence electrons. The third kappa shape index (κ3) is 4.19. The Hall–Kier alpha value is -2.24. The average Bonchev–Trinajstić information content (AvgIpc) is 2.59. The van der Waals surface area contributed by atoms with Gasteiger partial charge in [0.05, 0.1) is 29.8 Å².